The molecule has 2 heterocycles. The number of sulfone groups is 1. The number of nitrogens with zero attached hydrogens (tertiary/aromatic N) is 1. The van der Waals surface area contributed by atoms with Crippen molar-refractivity contribution in [3.05, 3.63) is 35.4 Å². The molecule has 1 aromatic rings. The molecule has 1 aromatic carbocycles. The van der Waals surface area contributed by atoms with E-state index in [-0.39, 0.29) is 29.5 Å². The van der Waals surface area contributed by atoms with Crippen LogP contribution in [-0.4, -0.2) is 62.4 Å². The normalized spacial score (nSPS) is 26.9. The van der Waals surface area contributed by atoms with Crippen LogP contribution in [0.1, 0.15) is 35.7 Å². The lowest BCUT2D eigenvalue weighted by Crippen LogP contribution is -2.51. The van der Waals surface area contributed by atoms with Crippen LogP contribution in [0.2, 0.25) is 0 Å². The molecule has 138 valence electrons. The molecule has 0 saturated carbocycles. The molecule has 0 radical (unpaired) electrons. The Morgan fingerprint density at radius 3 is 2.80 bits per heavy atom. The average molecular weight is 365 g/mol. The number of carbonyl (C=O) groups excluding carboxylic acids is 1. The van der Waals surface area contributed by atoms with Crippen molar-refractivity contribution in [2.75, 3.05) is 31.1 Å². The average Bonchev–Trinajstić information content (AvgIpc) is 2.59. The summed E-state index contributed by atoms with van der Waals surface area (Å²) in [5.74, 6) is 0.406. The van der Waals surface area contributed by atoms with Gasteiger partial charge in [0.25, 0.3) is 5.91 Å². The smallest absolute Gasteiger partial charge is 0.251 e. The summed E-state index contributed by atoms with van der Waals surface area (Å²) in [5, 5.41) is 6.52. The molecule has 25 heavy (non-hydrogen) atoms. The zero-order chi connectivity index (χ0) is 17.9. The van der Waals surface area contributed by atoms with Crippen LogP contribution in [0.5, 0.6) is 0 Å². The van der Waals surface area contributed by atoms with E-state index in [0.29, 0.717) is 25.2 Å². The second kappa shape index (κ2) is 7.85. The number of benzene rings is 1. The minimum Gasteiger partial charge on any atom is -0.348 e. The molecule has 2 atom stereocenters. The Hall–Kier alpha value is -1.44. The molecule has 6 nitrogen and oxygen atoms in total. The van der Waals surface area contributed by atoms with Crippen molar-refractivity contribution in [3.8, 4) is 0 Å². The van der Waals surface area contributed by atoms with Gasteiger partial charge in [0.05, 0.1) is 11.5 Å². The molecule has 2 unspecified atom stereocenters. The highest BCUT2D eigenvalue weighted by Crippen LogP contribution is 2.13. The molecule has 2 saturated heterocycles. The van der Waals surface area contributed by atoms with Gasteiger partial charge in [-0.25, -0.2) is 8.42 Å². The van der Waals surface area contributed by atoms with Gasteiger partial charge in [-0.15, -0.1) is 0 Å². The summed E-state index contributed by atoms with van der Waals surface area (Å²) < 4.78 is 23.0. The number of amides is 1. The largest absolute Gasteiger partial charge is 0.348 e. The van der Waals surface area contributed by atoms with Gasteiger partial charge in [-0.3, -0.25) is 9.69 Å². The van der Waals surface area contributed by atoms with E-state index >= 15 is 0 Å². The van der Waals surface area contributed by atoms with Crippen LogP contribution in [0, 0.1) is 0 Å². The van der Waals surface area contributed by atoms with Gasteiger partial charge in [-0.05, 0) is 44.0 Å². The van der Waals surface area contributed by atoms with Crippen LogP contribution in [0.15, 0.2) is 24.3 Å². The van der Waals surface area contributed by atoms with E-state index in [4.69, 9.17) is 0 Å². The summed E-state index contributed by atoms with van der Waals surface area (Å²) in [4.78, 5) is 14.7. The molecular weight excluding hydrogens is 338 g/mol. The second-order valence-electron chi connectivity index (χ2n) is 7.09. The first-order valence-corrected chi connectivity index (χ1v) is 10.8. The first-order chi connectivity index (χ1) is 11.9. The molecule has 0 spiro atoms. The maximum atomic E-state index is 12.6. The Balaban J connectivity index is 1.60. The SMILES string of the molecule is CC1NCCCC1NC(=O)c1cccc(CN2CCS(=O)(=O)CC2)c1. The van der Waals surface area contributed by atoms with Crippen molar-refractivity contribution >= 4 is 15.7 Å². The van der Waals surface area contributed by atoms with Crippen molar-refractivity contribution in [3.63, 3.8) is 0 Å². The van der Waals surface area contributed by atoms with Gasteiger partial charge in [0.2, 0.25) is 0 Å². The van der Waals surface area contributed by atoms with Gasteiger partial charge in [-0.2, -0.15) is 0 Å². The minimum atomic E-state index is -2.86. The third-order valence-corrected chi connectivity index (χ3v) is 6.72. The summed E-state index contributed by atoms with van der Waals surface area (Å²) in [6.07, 6.45) is 2.08. The van der Waals surface area contributed by atoms with Gasteiger partial charge in [-0.1, -0.05) is 12.1 Å². The van der Waals surface area contributed by atoms with E-state index in [9.17, 15) is 13.2 Å². The van der Waals surface area contributed by atoms with Crippen LogP contribution >= 0.6 is 0 Å². The molecule has 7 heteroatoms. The third-order valence-electron chi connectivity index (χ3n) is 5.11. The third kappa shape index (κ3) is 5.03. The summed E-state index contributed by atoms with van der Waals surface area (Å²) in [7, 11) is -2.86. The Bertz CT molecular complexity index is 706. The van der Waals surface area contributed by atoms with Crippen molar-refractivity contribution < 1.29 is 13.2 Å². The van der Waals surface area contributed by atoms with Crippen LogP contribution in [0.25, 0.3) is 0 Å². The monoisotopic (exact) mass is 365 g/mol. The molecule has 0 aromatic heterocycles. The van der Waals surface area contributed by atoms with Gasteiger partial charge >= 0.3 is 0 Å². The first-order valence-electron chi connectivity index (χ1n) is 8.99. The van der Waals surface area contributed by atoms with Gasteiger partial charge < -0.3 is 10.6 Å². The predicted molar refractivity (Wildman–Crippen MR) is 98.3 cm³/mol. The second-order valence-corrected chi connectivity index (χ2v) is 9.40. The highest BCUT2D eigenvalue weighted by atomic mass is 32.2. The van der Waals surface area contributed by atoms with E-state index < -0.39 is 9.84 Å². The Morgan fingerprint density at radius 2 is 2.08 bits per heavy atom. The summed E-state index contributed by atoms with van der Waals surface area (Å²) in [6, 6.07) is 8.09. The quantitative estimate of drug-likeness (QED) is 0.825. The van der Waals surface area contributed by atoms with E-state index in [2.05, 4.69) is 22.5 Å². The van der Waals surface area contributed by atoms with Crippen LogP contribution < -0.4 is 10.6 Å². The number of hydrogen-bond donors (Lipinski definition) is 2. The summed E-state index contributed by atoms with van der Waals surface area (Å²) >= 11 is 0. The Labute approximate surface area is 149 Å². The molecule has 0 aliphatic carbocycles. The highest BCUT2D eigenvalue weighted by Gasteiger charge is 2.24. The van der Waals surface area contributed by atoms with Crippen LogP contribution in [0.3, 0.4) is 0 Å². The first kappa shape index (κ1) is 18.4. The molecule has 1 amide bonds. The van der Waals surface area contributed by atoms with E-state index in [1.54, 1.807) is 0 Å². The van der Waals surface area contributed by atoms with Crippen molar-refractivity contribution in [2.24, 2.45) is 0 Å². The number of hydrogen-bond acceptors (Lipinski definition) is 5. The van der Waals surface area contributed by atoms with E-state index in [1.165, 1.54) is 0 Å². The number of rotatable bonds is 4. The Morgan fingerprint density at radius 1 is 1.32 bits per heavy atom. The van der Waals surface area contributed by atoms with Gasteiger partial charge in [0.1, 0.15) is 0 Å². The molecule has 0 bridgehead atoms. The fourth-order valence-electron chi connectivity index (χ4n) is 3.47. The minimum absolute atomic E-state index is 0.0383. The van der Waals surface area contributed by atoms with Gasteiger partial charge in [0, 0.05) is 37.3 Å². The van der Waals surface area contributed by atoms with Crippen LogP contribution in [-0.2, 0) is 16.4 Å². The number of piperidine rings is 1. The molecule has 2 N–H and O–H groups in total. The molecule has 2 aliphatic heterocycles. The van der Waals surface area contributed by atoms with Crippen molar-refractivity contribution in [1.82, 2.24) is 15.5 Å². The molecule has 3 rings (SSSR count). The standard InChI is InChI=1S/C18H27N3O3S/c1-14-17(6-3-7-19-14)20-18(22)16-5-2-4-15(12-16)13-21-8-10-25(23,24)11-9-21/h2,4-5,12,14,17,19H,3,6-11,13H2,1H3,(H,20,22). The number of nitrogens with one attached hydrogen (secondary N) is 2. The van der Waals surface area contributed by atoms with E-state index in [0.717, 1.165) is 24.9 Å². The maximum Gasteiger partial charge on any atom is 0.251 e. The molecule has 2 fully saturated rings. The summed E-state index contributed by atoms with van der Waals surface area (Å²) in [5.41, 5.74) is 1.71. The lowest BCUT2D eigenvalue weighted by molar-refractivity contribution is 0.0919. The van der Waals surface area contributed by atoms with Crippen molar-refractivity contribution in [2.45, 2.75) is 38.4 Å². The fraction of sp³-hybridized carbons (Fsp3) is 0.611. The zero-order valence-corrected chi connectivity index (χ0v) is 15.5. The van der Waals surface area contributed by atoms with E-state index in [1.807, 2.05) is 24.3 Å². The van der Waals surface area contributed by atoms with Crippen molar-refractivity contribution in [1.29, 1.82) is 0 Å². The fourth-order valence-corrected chi connectivity index (χ4v) is 4.75. The number of carbonyl (C=O) groups is 1. The highest BCUT2D eigenvalue weighted by molar-refractivity contribution is 7.91. The topological polar surface area (TPSA) is 78.5 Å². The predicted octanol–water partition coefficient (Wildman–Crippen LogP) is 0.787. The maximum absolute atomic E-state index is 12.6. The summed E-state index contributed by atoms with van der Waals surface area (Å²) in [6.45, 7) is 4.91. The van der Waals surface area contributed by atoms with Crippen LogP contribution in [0.4, 0.5) is 0 Å². The zero-order valence-electron chi connectivity index (χ0n) is 14.7. The lowest BCUT2D eigenvalue weighted by atomic mass is 9.99. The van der Waals surface area contributed by atoms with Gasteiger partial charge in [0.15, 0.2) is 9.84 Å². The lowest BCUT2D eigenvalue weighted by Gasteiger charge is -2.30. The molecular formula is C18H27N3O3S. The Kier molecular flexibility index (Phi) is 5.76. The molecule has 2 aliphatic rings.